The Bertz CT molecular complexity index is 1150. The largest absolute Gasteiger partial charge is 0.490 e. The molecule has 0 aliphatic heterocycles. The van der Waals surface area contributed by atoms with Gasteiger partial charge in [0.05, 0.1) is 18.5 Å². The van der Waals surface area contributed by atoms with Gasteiger partial charge in [-0.05, 0) is 59.0 Å². The minimum atomic E-state index is -0.407. The van der Waals surface area contributed by atoms with E-state index in [0.717, 1.165) is 39.5 Å². The van der Waals surface area contributed by atoms with Gasteiger partial charge in [-0.3, -0.25) is 5.43 Å². The van der Waals surface area contributed by atoms with Crippen LogP contribution >= 0.6 is 11.3 Å². The number of esters is 1. The van der Waals surface area contributed by atoms with Crippen molar-refractivity contribution in [1.29, 1.82) is 0 Å². The number of hydrogen-bond acceptors (Lipinski definition) is 7. The topological polar surface area (TPSA) is 69.2 Å². The highest BCUT2D eigenvalue weighted by Gasteiger charge is 2.27. The standard InChI is InChI=1S/C25H22N2O4S/c1-4-11-30-16-6-8-18-19-9-7-17(31-12-5-2)15-21(19)23(20(18)14-16)27-26-22-10-13-32-24(22)25(28)29-3/h4-10,13-15,26H,1-2,11-12H2,3H3. The van der Waals surface area contributed by atoms with Crippen LogP contribution in [0.25, 0.3) is 11.1 Å². The molecule has 162 valence electrons. The van der Waals surface area contributed by atoms with Gasteiger partial charge in [0.1, 0.15) is 29.6 Å². The number of thiophene rings is 1. The van der Waals surface area contributed by atoms with E-state index in [1.807, 2.05) is 41.8 Å². The van der Waals surface area contributed by atoms with Crippen LogP contribution in [-0.2, 0) is 4.74 Å². The minimum Gasteiger partial charge on any atom is -0.490 e. The summed E-state index contributed by atoms with van der Waals surface area (Å²) in [5.74, 6) is 1.03. The second-order valence-electron chi connectivity index (χ2n) is 6.84. The van der Waals surface area contributed by atoms with Gasteiger partial charge in [-0.15, -0.1) is 11.3 Å². The van der Waals surface area contributed by atoms with E-state index in [2.05, 4.69) is 23.7 Å². The summed E-state index contributed by atoms with van der Waals surface area (Å²) in [6.07, 6.45) is 3.40. The Morgan fingerprint density at radius 2 is 1.56 bits per heavy atom. The highest BCUT2D eigenvalue weighted by molar-refractivity contribution is 7.12. The number of hydrogen-bond donors (Lipinski definition) is 1. The Labute approximate surface area is 190 Å². The molecule has 2 aromatic carbocycles. The fourth-order valence-electron chi connectivity index (χ4n) is 3.43. The van der Waals surface area contributed by atoms with E-state index >= 15 is 0 Å². The van der Waals surface area contributed by atoms with Gasteiger partial charge in [0.25, 0.3) is 0 Å². The molecule has 0 fully saturated rings. The highest BCUT2D eigenvalue weighted by atomic mass is 32.1. The minimum absolute atomic E-state index is 0.407. The van der Waals surface area contributed by atoms with Gasteiger partial charge in [0, 0.05) is 11.1 Å². The number of fused-ring (bicyclic) bond motifs is 3. The van der Waals surface area contributed by atoms with Crippen LogP contribution in [0.15, 0.2) is 78.3 Å². The van der Waals surface area contributed by atoms with E-state index < -0.39 is 5.97 Å². The number of anilines is 1. The molecule has 4 rings (SSSR count). The lowest BCUT2D eigenvalue weighted by molar-refractivity contribution is 0.0607. The molecule has 32 heavy (non-hydrogen) atoms. The average Bonchev–Trinajstić information content (AvgIpc) is 3.41. The summed E-state index contributed by atoms with van der Waals surface area (Å²) in [6.45, 7) is 8.22. The smallest absolute Gasteiger partial charge is 0.350 e. The van der Waals surface area contributed by atoms with Crippen molar-refractivity contribution in [1.82, 2.24) is 0 Å². The molecule has 7 heteroatoms. The summed E-state index contributed by atoms with van der Waals surface area (Å²) in [5.41, 5.74) is 8.28. The van der Waals surface area contributed by atoms with E-state index in [1.165, 1.54) is 18.4 Å². The van der Waals surface area contributed by atoms with Crippen molar-refractivity contribution in [2.75, 3.05) is 25.7 Å². The summed E-state index contributed by atoms with van der Waals surface area (Å²) in [6, 6.07) is 13.6. The molecule has 0 spiro atoms. The molecule has 0 saturated heterocycles. The van der Waals surface area contributed by atoms with Crippen LogP contribution in [0.2, 0.25) is 0 Å². The highest BCUT2D eigenvalue weighted by Crippen LogP contribution is 2.40. The molecule has 1 aromatic heterocycles. The molecule has 0 saturated carbocycles. The predicted octanol–water partition coefficient (Wildman–Crippen LogP) is 5.51. The second kappa shape index (κ2) is 9.53. The Hall–Kier alpha value is -3.84. The maximum atomic E-state index is 12.0. The molecular weight excluding hydrogens is 424 g/mol. The lowest BCUT2D eigenvalue weighted by atomic mass is 10.1. The number of nitrogens with one attached hydrogen (secondary N) is 1. The SMILES string of the molecule is C=CCOc1ccc2c(c1)C(=NNc1ccsc1C(=O)OC)c1cc(OCC=C)ccc1-2. The molecule has 3 aromatic rings. The van der Waals surface area contributed by atoms with E-state index in [4.69, 9.17) is 14.2 Å². The first-order valence-electron chi connectivity index (χ1n) is 9.92. The van der Waals surface area contributed by atoms with Gasteiger partial charge in [-0.25, -0.2) is 4.79 Å². The number of methoxy groups -OCH3 is 1. The molecular formula is C25H22N2O4S. The first-order chi connectivity index (χ1) is 15.7. The first kappa shape index (κ1) is 21.4. The van der Waals surface area contributed by atoms with Gasteiger partial charge in [0.15, 0.2) is 0 Å². The quantitative estimate of drug-likeness (QED) is 0.209. The van der Waals surface area contributed by atoms with Crippen molar-refractivity contribution < 1.29 is 19.0 Å². The van der Waals surface area contributed by atoms with Crippen molar-refractivity contribution in [3.8, 4) is 22.6 Å². The fraction of sp³-hybridized carbons (Fsp3) is 0.120. The van der Waals surface area contributed by atoms with E-state index in [9.17, 15) is 4.79 Å². The van der Waals surface area contributed by atoms with Gasteiger partial charge >= 0.3 is 5.97 Å². The summed E-state index contributed by atoms with van der Waals surface area (Å²) < 4.78 is 16.3. The molecule has 0 bridgehead atoms. The maximum absolute atomic E-state index is 12.0. The molecule has 0 radical (unpaired) electrons. The predicted molar refractivity (Wildman–Crippen MR) is 128 cm³/mol. The van der Waals surface area contributed by atoms with Crippen molar-refractivity contribution >= 4 is 28.7 Å². The van der Waals surface area contributed by atoms with E-state index in [-0.39, 0.29) is 0 Å². The third-order valence-corrected chi connectivity index (χ3v) is 5.74. The maximum Gasteiger partial charge on any atom is 0.350 e. The lowest BCUT2D eigenvalue weighted by Crippen LogP contribution is -2.06. The van der Waals surface area contributed by atoms with E-state index in [1.54, 1.807) is 18.2 Å². The van der Waals surface area contributed by atoms with E-state index in [0.29, 0.717) is 23.8 Å². The van der Waals surface area contributed by atoms with Crippen LogP contribution in [0.5, 0.6) is 11.5 Å². The van der Waals surface area contributed by atoms with Crippen LogP contribution in [0, 0.1) is 0 Å². The third-order valence-electron chi connectivity index (χ3n) is 4.84. The number of rotatable bonds is 9. The van der Waals surface area contributed by atoms with Crippen molar-refractivity contribution in [2.45, 2.75) is 0 Å². The average molecular weight is 447 g/mol. The molecule has 6 nitrogen and oxygen atoms in total. The molecule has 0 atom stereocenters. The monoisotopic (exact) mass is 446 g/mol. The summed E-state index contributed by atoms with van der Waals surface area (Å²) in [4.78, 5) is 12.5. The van der Waals surface area contributed by atoms with Gasteiger partial charge < -0.3 is 14.2 Å². The third kappa shape index (κ3) is 4.15. The van der Waals surface area contributed by atoms with Gasteiger partial charge in [-0.1, -0.05) is 25.3 Å². The van der Waals surface area contributed by atoms with Crippen LogP contribution in [-0.4, -0.2) is 32.0 Å². The molecule has 1 aliphatic carbocycles. The number of ether oxygens (including phenoxy) is 3. The molecule has 1 aliphatic rings. The van der Waals surface area contributed by atoms with Crippen LogP contribution < -0.4 is 14.9 Å². The Morgan fingerprint density at radius 1 is 0.969 bits per heavy atom. The zero-order valence-electron chi connectivity index (χ0n) is 17.6. The lowest BCUT2D eigenvalue weighted by Gasteiger charge is -2.08. The number of benzene rings is 2. The Morgan fingerprint density at radius 3 is 2.09 bits per heavy atom. The zero-order valence-corrected chi connectivity index (χ0v) is 18.4. The first-order valence-corrected chi connectivity index (χ1v) is 10.8. The second-order valence-corrected chi connectivity index (χ2v) is 7.76. The Balaban J connectivity index is 1.77. The normalized spacial score (nSPS) is 11.2. The summed E-state index contributed by atoms with van der Waals surface area (Å²) >= 11 is 1.29. The van der Waals surface area contributed by atoms with Crippen LogP contribution in [0.1, 0.15) is 20.8 Å². The van der Waals surface area contributed by atoms with Crippen molar-refractivity contribution in [3.63, 3.8) is 0 Å². The zero-order chi connectivity index (χ0) is 22.5. The fourth-order valence-corrected chi connectivity index (χ4v) is 4.19. The van der Waals surface area contributed by atoms with Crippen molar-refractivity contribution in [2.24, 2.45) is 5.10 Å². The number of carbonyl (C=O) groups excluding carboxylic acids is 1. The molecule has 0 amide bonds. The molecule has 1 N–H and O–H groups in total. The molecule has 1 heterocycles. The Kier molecular flexibility index (Phi) is 6.37. The summed E-state index contributed by atoms with van der Waals surface area (Å²) in [7, 11) is 1.36. The number of nitrogens with zero attached hydrogens (tertiary/aromatic N) is 1. The number of hydrazone groups is 1. The summed E-state index contributed by atoms with van der Waals surface area (Å²) in [5, 5.41) is 6.50. The van der Waals surface area contributed by atoms with Crippen molar-refractivity contribution in [3.05, 3.63) is 89.2 Å². The van der Waals surface area contributed by atoms with Gasteiger partial charge in [0.2, 0.25) is 0 Å². The van der Waals surface area contributed by atoms with Crippen LogP contribution in [0.3, 0.4) is 0 Å². The van der Waals surface area contributed by atoms with Gasteiger partial charge in [-0.2, -0.15) is 5.10 Å². The van der Waals surface area contributed by atoms with Crippen LogP contribution in [0.4, 0.5) is 5.69 Å². The number of carbonyl (C=O) groups is 1. The molecule has 0 unspecified atom stereocenters.